The van der Waals surface area contributed by atoms with Gasteiger partial charge in [-0.1, -0.05) is 24.3 Å². The van der Waals surface area contributed by atoms with Gasteiger partial charge in [0.2, 0.25) is 0 Å². The minimum atomic E-state index is 0.554. The Morgan fingerprint density at radius 2 is 2.26 bits per heavy atom. The number of rotatable bonds is 2. The van der Waals surface area contributed by atoms with Crippen LogP contribution in [0.4, 0.5) is 5.13 Å². The van der Waals surface area contributed by atoms with Gasteiger partial charge in [-0.15, -0.1) is 0 Å². The maximum absolute atomic E-state index is 4.71. The van der Waals surface area contributed by atoms with Crippen LogP contribution in [0.25, 0.3) is 10.2 Å². The number of hydrogen-bond acceptors (Lipinski definition) is 4. The lowest BCUT2D eigenvalue weighted by molar-refractivity contribution is 0.206. The molecule has 1 aliphatic heterocycles. The highest BCUT2D eigenvalue weighted by Crippen LogP contribution is 2.29. The first-order valence-electron chi connectivity index (χ1n) is 6.94. The molecule has 1 N–H and O–H groups in total. The van der Waals surface area contributed by atoms with E-state index in [-0.39, 0.29) is 0 Å². The normalized spacial score (nSPS) is 24.8. The largest absolute Gasteiger partial charge is 0.358 e. The maximum Gasteiger partial charge on any atom is 0.184 e. The average molecular weight is 275 g/mol. The van der Waals surface area contributed by atoms with Gasteiger partial charge in [0.15, 0.2) is 5.13 Å². The molecule has 4 heteroatoms. The molecule has 1 aliphatic rings. The number of aryl methyl sites for hydroxylation is 1. The van der Waals surface area contributed by atoms with Crippen LogP contribution in [0, 0.1) is 12.8 Å². The fraction of sp³-hybridized carbons (Fsp3) is 0.533. The number of piperidine rings is 1. The number of aromatic nitrogens is 1. The summed E-state index contributed by atoms with van der Waals surface area (Å²) in [5.74, 6) is 0.674. The van der Waals surface area contributed by atoms with E-state index in [9.17, 15) is 0 Å². The molecule has 2 aromatic rings. The quantitative estimate of drug-likeness (QED) is 0.911. The van der Waals surface area contributed by atoms with Crippen LogP contribution < -0.4 is 5.32 Å². The lowest BCUT2D eigenvalue weighted by atomic mass is 9.94. The third-order valence-corrected chi connectivity index (χ3v) is 4.93. The molecule has 0 saturated carbocycles. The lowest BCUT2D eigenvalue weighted by Gasteiger charge is -2.35. The number of benzene rings is 1. The van der Waals surface area contributed by atoms with Crippen molar-refractivity contribution in [3.8, 4) is 0 Å². The van der Waals surface area contributed by atoms with Crippen LogP contribution in [0.15, 0.2) is 18.2 Å². The summed E-state index contributed by atoms with van der Waals surface area (Å²) in [7, 11) is 2.20. The molecule has 1 fully saturated rings. The minimum absolute atomic E-state index is 0.554. The first kappa shape index (κ1) is 12.9. The van der Waals surface area contributed by atoms with Crippen molar-refractivity contribution >= 4 is 26.7 Å². The highest BCUT2D eigenvalue weighted by molar-refractivity contribution is 7.22. The molecule has 1 aromatic heterocycles. The van der Waals surface area contributed by atoms with Crippen molar-refractivity contribution in [3.05, 3.63) is 23.8 Å². The van der Waals surface area contributed by atoms with E-state index in [1.165, 1.54) is 29.8 Å². The van der Waals surface area contributed by atoms with Gasteiger partial charge in [-0.05, 0) is 50.6 Å². The second-order valence-electron chi connectivity index (χ2n) is 5.77. The van der Waals surface area contributed by atoms with Gasteiger partial charge in [-0.2, -0.15) is 0 Å². The Bertz CT molecular complexity index is 578. The summed E-state index contributed by atoms with van der Waals surface area (Å²) in [6.45, 7) is 6.78. The van der Waals surface area contributed by atoms with Crippen LogP contribution >= 0.6 is 11.3 Å². The number of thiazole rings is 1. The summed E-state index contributed by atoms with van der Waals surface area (Å²) in [6, 6.07) is 7.04. The summed E-state index contributed by atoms with van der Waals surface area (Å²) in [4.78, 5) is 7.12. The Hall–Kier alpha value is -1.13. The second kappa shape index (κ2) is 5.10. The Morgan fingerprint density at radius 3 is 3.05 bits per heavy atom. The molecule has 1 aromatic carbocycles. The first-order valence-corrected chi connectivity index (χ1v) is 7.76. The zero-order valence-corrected chi connectivity index (χ0v) is 12.6. The van der Waals surface area contributed by atoms with Gasteiger partial charge in [-0.25, -0.2) is 4.98 Å². The first-order chi connectivity index (χ1) is 9.11. The molecule has 1 saturated heterocycles. The molecule has 2 unspecified atom stereocenters. The SMILES string of the molecule is Cc1ccc2sc(NC3CCN(C)CC3C)nc2c1. The van der Waals surface area contributed by atoms with Crippen molar-refractivity contribution in [2.75, 3.05) is 25.5 Å². The topological polar surface area (TPSA) is 28.2 Å². The van der Waals surface area contributed by atoms with Crippen LogP contribution in [0.3, 0.4) is 0 Å². The number of hydrogen-bond donors (Lipinski definition) is 1. The van der Waals surface area contributed by atoms with E-state index in [0.717, 1.165) is 10.6 Å². The number of anilines is 1. The Balaban J connectivity index is 1.77. The predicted molar refractivity (Wildman–Crippen MR) is 83.0 cm³/mol. The average Bonchev–Trinajstić information content (AvgIpc) is 2.74. The zero-order chi connectivity index (χ0) is 13.4. The van der Waals surface area contributed by atoms with Crippen LogP contribution in [0.2, 0.25) is 0 Å². The number of likely N-dealkylation sites (tertiary alicyclic amines) is 1. The van der Waals surface area contributed by atoms with Crippen LogP contribution in [0.5, 0.6) is 0 Å². The molecule has 102 valence electrons. The summed E-state index contributed by atoms with van der Waals surface area (Å²) < 4.78 is 1.27. The standard InChI is InChI=1S/C15H21N3S/c1-10-4-5-14-13(8-10)17-15(19-14)16-12-6-7-18(3)9-11(12)2/h4-5,8,11-12H,6-7,9H2,1-3H3,(H,16,17). The van der Waals surface area contributed by atoms with Gasteiger partial charge in [-0.3, -0.25) is 0 Å². The second-order valence-corrected chi connectivity index (χ2v) is 6.80. The molecule has 0 amide bonds. The van der Waals surface area contributed by atoms with E-state index in [4.69, 9.17) is 4.98 Å². The van der Waals surface area contributed by atoms with Gasteiger partial charge in [0.1, 0.15) is 0 Å². The molecular weight excluding hydrogens is 254 g/mol. The fourth-order valence-corrected chi connectivity index (χ4v) is 3.73. The van der Waals surface area contributed by atoms with Gasteiger partial charge < -0.3 is 10.2 Å². The van der Waals surface area contributed by atoms with Crippen LogP contribution in [-0.4, -0.2) is 36.1 Å². The summed E-state index contributed by atoms with van der Waals surface area (Å²) in [5, 5.41) is 4.71. The molecule has 0 aliphatic carbocycles. The minimum Gasteiger partial charge on any atom is -0.358 e. The molecule has 0 radical (unpaired) electrons. The van der Waals surface area contributed by atoms with Gasteiger partial charge in [0, 0.05) is 12.6 Å². The highest BCUT2D eigenvalue weighted by Gasteiger charge is 2.24. The summed E-state index contributed by atoms with van der Waals surface area (Å²) in [5.41, 5.74) is 2.39. The summed E-state index contributed by atoms with van der Waals surface area (Å²) in [6.07, 6.45) is 1.20. The van der Waals surface area contributed by atoms with E-state index in [1.54, 1.807) is 11.3 Å². The van der Waals surface area contributed by atoms with Crippen molar-refractivity contribution in [3.63, 3.8) is 0 Å². The Kier molecular flexibility index (Phi) is 3.46. The Labute approximate surface area is 118 Å². The molecule has 19 heavy (non-hydrogen) atoms. The van der Waals surface area contributed by atoms with Crippen molar-refractivity contribution in [2.45, 2.75) is 26.3 Å². The van der Waals surface area contributed by atoms with Gasteiger partial charge in [0.25, 0.3) is 0 Å². The van der Waals surface area contributed by atoms with Crippen LogP contribution in [-0.2, 0) is 0 Å². The Morgan fingerprint density at radius 1 is 1.42 bits per heavy atom. The number of fused-ring (bicyclic) bond motifs is 1. The smallest absolute Gasteiger partial charge is 0.184 e. The van der Waals surface area contributed by atoms with E-state index < -0.39 is 0 Å². The van der Waals surface area contributed by atoms with Crippen molar-refractivity contribution in [1.82, 2.24) is 9.88 Å². The number of nitrogens with zero attached hydrogens (tertiary/aromatic N) is 2. The van der Waals surface area contributed by atoms with E-state index in [0.29, 0.717) is 12.0 Å². The highest BCUT2D eigenvalue weighted by atomic mass is 32.1. The van der Waals surface area contributed by atoms with Crippen LogP contribution in [0.1, 0.15) is 18.9 Å². The molecule has 2 heterocycles. The fourth-order valence-electron chi connectivity index (χ4n) is 2.83. The third-order valence-electron chi connectivity index (χ3n) is 3.96. The van der Waals surface area contributed by atoms with Gasteiger partial charge in [0.05, 0.1) is 10.2 Å². The molecule has 0 spiro atoms. The summed E-state index contributed by atoms with van der Waals surface area (Å²) >= 11 is 1.77. The van der Waals surface area contributed by atoms with E-state index >= 15 is 0 Å². The van der Waals surface area contributed by atoms with E-state index in [2.05, 4.69) is 49.3 Å². The predicted octanol–water partition coefficient (Wildman–Crippen LogP) is 3.36. The van der Waals surface area contributed by atoms with Gasteiger partial charge >= 0.3 is 0 Å². The number of nitrogens with one attached hydrogen (secondary N) is 1. The zero-order valence-electron chi connectivity index (χ0n) is 11.8. The molecule has 2 atom stereocenters. The molecular formula is C15H21N3S. The monoisotopic (exact) mass is 275 g/mol. The molecule has 3 rings (SSSR count). The van der Waals surface area contributed by atoms with Crippen molar-refractivity contribution in [2.24, 2.45) is 5.92 Å². The van der Waals surface area contributed by atoms with Crippen molar-refractivity contribution in [1.29, 1.82) is 0 Å². The van der Waals surface area contributed by atoms with E-state index in [1.807, 2.05) is 0 Å². The lowest BCUT2D eigenvalue weighted by Crippen LogP contribution is -2.43. The van der Waals surface area contributed by atoms with Crippen molar-refractivity contribution < 1.29 is 0 Å². The molecule has 3 nitrogen and oxygen atoms in total. The maximum atomic E-state index is 4.71. The third kappa shape index (κ3) is 2.74. The molecule has 0 bridgehead atoms.